The van der Waals surface area contributed by atoms with Crippen molar-refractivity contribution in [1.29, 1.82) is 0 Å². The second kappa shape index (κ2) is 3.91. The molecule has 0 saturated heterocycles. The normalized spacial score (nSPS) is 9.93. The van der Waals surface area contributed by atoms with Crippen LogP contribution in [0.3, 0.4) is 0 Å². The molecule has 5 heteroatoms. The SMILES string of the molecule is CN(c1ccc(O)cc1)c1ncncn1. The summed E-state index contributed by atoms with van der Waals surface area (Å²) in [4.78, 5) is 13.6. The van der Waals surface area contributed by atoms with Crippen LogP contribution < -0.4 is 4.90 Å². The first-order valence-corrected chi connectivity index (χ1v) is 4.42. The van der Waals surface area contributed by atoms with E-state index in [0.717, 1.165) is 5.69 Å². The van der Waals surface area contributed by atoms with Gasteiger partial charge in [0.2, 0.25) is 5.95 Å². The van der Waals surface area contributed by atoms with Gasteiger partial charge in [0, 0.05) is 12.7 Å². The van der Waals surface area contributed by atoms with Crippen molar-refractivity contribution in [2.75, 3.05) is 11.9 Å². The molecule has 1 N–H and O–H groups in total. The Labute approximate surface area is 87.1 Å². The maximum absolute atomic E-state index is 9.15. The van der Waals surface area contributed by atoms with E-state index in [1.54, 1.807) is 29.2 Å². The zero-order valence-electron chi connectivity index (χ0n) is 8.20. The van der Waals surface area contributed by atoms with Crippen LogP contribution in [0.4, 0.5) is 11.6 Å². The van der Waals surface area contributed by atoms with Gasteiger partial charge in [-0.2, -0.15) is 0 Å². The molecule has 0 amide bonds. The maximum Gasteiger partial charge on any atom is 0.232 e. The fraction of sp³-hybridized carbons (Fsp3) is 0.100. The Hall–Kier alpha value is -2.17. The third-order valence-electron chi connectivity index (χ3n) is 2.02. The summed E-state index contributed by atoms with van der Waals surface area (Å²) in [7, 11) is 1.85. The van der Waals surface area contributed by atoms with Crippen LogP contribution in [0.15, 0.2) is 36.9 Å². The molecule has 2 aromatic rings. The molecule has 1 aromatic heterocycles. The van der Waals surface area contributed by atoms with Gasteiger partial charge in [-0.1, -0.05) is 0 Å². The van der Waals surface area contributed by atoms with Crippen LogP contribution in [0, 0.1) is 0 Å². The molecule has 1 heterocycles. The zero-order valence-corrected chi connectivity index (χ0v) is 8.20. The summed E-state index contributed by atoms with van der Waals surface area (Å²) in [5, 5.41) is 9.15. The van der Waals surface area contributed by atoms with E-state index >= 15 is 0 Å². The van der Waals surface area contributed by atoms with Crippen LogP contribution in [0.1, 0.15) is 0 Å². The number of hydrogen-bond donors (Lipinski definition) is 1. The van der Waals surface area contributed by atoms with Crippen molar-refractivity contribution in [3.05, 3.63) is 36.9 Å². The van der Waals surface area contributed by atoms with Gasteiger partial charge >= 0.3 is 0 Å². The number of rotatable bonds is 2. The Balaban J connectivity index is 2.29. The number of aromatic hydroxyl groups is 1. The largest absolute Gasteiger partial charge is 0.508 e. The molecule has 0 aliphatic heterocycles. The molecule has 0 saturated carbocycles. The number of phenolic OH excluding ortho intramolecular Hbond substituents is 1. The summed E-state index contributed by atoms with van der Waals surface area (Å²) in [6, 6.07) is 6.82. The highest BCUT2D eigenvalue weighted by molar-refractivity contribution is 5.56. The van der Waals surface area contributed by atoms with Crippen molar-refractivity contribution in [2.45, 2.75) is 0 Å². The van der Waals surface area contributed by atoms with Crippen molar-refractivity contribution in [3.63, 3.8) is 0 Å². The van der Waals surface area contributed by atoms with Crippen molar-refractivity contribution in [3.8, 4) is 5.75 Å². The van der Waals surface area contributed by atoms with Crippen LogP contribution in [0.5, 0.6) is 5.75 Å². The van der Waals surface area contributed by atoms with Crippen LogP contribution in [0.25, 0.3) is 0 Å². The van der Waals surface area contributed by atoms with Gasteiger partial charge in [-0.3, -0.25) is 0 Å². The molecular weight excluding hydrogens is 192 g/mol. The second-order valence-corrected chi connectivity index (χ2v) is 3.01. The maximum atomic E-state index is 9.15. The van der Waals surface area contributed by atoms with Crippen LogP contribution in [-0.2, 0) is 0 Å². The number of aromatic nitrogens is 3. The Morgan fingerprint density at radius 2 is 1.67 bits per heavy atom. The molecular formula is C10H10N4O. The van der Waals surface area contributed by atoms with Crippen molar-refractivity contribution in [1.82, 2.24) is 15.0 Å². The number of hydrogen-bond acceptors (Lipinski definition) is 5. The fourth-order valence-corrected chi connectivity index (χ4v) is 1.20. The average molecular weight is 202 g/mol. The summed E-state index contributed by atoms with van der Waals surface area (Å²) in [5.41, 5.74) is 0.902. The van der Waals surface area contributed by atoms with E-state index in [-0.39, 0.29) is 5.75 Å². The molecule has 5 nitrogen and oxygen atoms in total. The third kappa shape index (κ3) is 2.01. The van der Waals surface area contributed by atoms with Gasteiger partial charge in [-0.05, 0) is 24.3 Å². The first-order chi connectivity index (χ1) is 7.27. The Morgan fingerprint density at radius 3 is 2.27 bits per heavy atom. The van der Waals surface area contributed by atoms with E-state index in [1.165, 1.54) is 12.7 Å². The Kier molecular flexibility index (Phi) is 2.45. The van der Waals surface area contributed by atoms with E-state index in [2.05, 4.69) is 15.0 Å². The molecule has 76 valence electrons. The number of benzene rings is 1. The molecule has 1 aromatic carbocycles. The standard InChI is InChI=1S/C10H10N4O/c1-14(10-12-6-11-7-13-10)8-2-4-9(15)5-3-8/h2-7,15H,1H3. The van der Waals surface area contributed by atoms with Gasteiger partial charge < -0.3 is 10.0 Å². The molecule has 0 radical (unpaired) electrons. The molecule has 0 fully saturated rings. The minimum Gasteiger partial charge on any atom is -0.508 e. The molecule has 0 bridgehead atoms. The van der Waals surface area contributed by atoms with Crippen LogP contribution in [-0.4, -0.2) is 27.1 Å². The zero-order chi connectivity index (χ0) is 10.7. The summed E-state index contributed by atoms with van der Waals surface area (Å²) in [6.45, 7) is 0. The first-order valence-electron chi connectivity index (χ1n) is 4.42. The molecule has 0 atom stereocenters. The lowest BCUT2D eigenvalue weighted by Crippen LogP contribution is -2.12. The summed E-state index contributed by atoms with van der Waals surface area (Å²) in [6.07, 6.45) is 2.89. The van der Waals surface area contributed by atoms with E-state index < -0.39 is 0 Å². The molecule has 15 heavy (non-hydrogen) atoms. The molecule has 0 aliphatic carbocycles. The first kappa shape index (κ1) is 9.39. The predicted molar refractivity (Wildman–Crippen MR) is 56.0 cm³/mol. The van der Waals surface area contributed by atoms with E-state index in [4.69, 9.17) is 5.11 Å². The second-order valence-electron chi connectivity index (χ2n) is 3.01. The highest BCUT2D eigenvalue weighted by atomic mass is 16.3. The monoisotopic (exact) mass is 202 g/mol. The minimum atomic E-state index is 0.239. The topological polar surface area (TPSA) is 62.1 Å². The lowest BCUT2D eigenvalue weighted by Gasteiger charge is -2.16. The summed E-state index contributed by atoms with van der Waals surface area (Å²) >= 11 is 0. The summed E-state index contributed by atoms with van der Waals surface area (Å²) in [5.74, 6) is 0.804. The average Bonchev–Trinajstić information content (AvgIpc) is 2.30. The third-order valence-corrected chi connectivity index (χ3v) is 2.02. The van der Waals surface area contributed by atoms with Gasteiger partial charge in [0.15, 0.2) is 0 Å². The molecule has 2 rings (SSSR count). The minimum absolute atomic E-state index is 0.239. The number of phenols is 1. The van der Waals surface area contributed by atoms with E-state index in [1.807, 2.05) is 7.05 Å². The van der Waals surface area contributed by atoms with Crippen molar-refractivity contribution < 1.29 is 5.11 Å². The lowest BCUT2D eigenvalue weighted by atomic mass is 10.3. The molecule has 0 aliphatic rings. The smallest absolute Gasteiger partial charge is 0.232 e. The molecule has 0 spiro atoms. The number of anilines is 2. The predicted octanol–water partition coefficient (Wildman–Crippen LogP) is 1.35. The molecule has 0 unspecified atom stereocenters. The highest BCUT2D eigenvalue weighted by Gasteiger charge is 2.05. The van der Waals surface area contributed by atoms with E-state index in [0.29, 0.717) is 5.95 Å². The van der Waals surface area contributed by atoms with Gasteiger partial charge in [0.25, 0.3) is 0 Å². The van der Waals surface area contributed by atoms with Crippen LogP contribution >= 0.6 is 0 Å². The van der Waals surface area contributed by atoms with Gasteiger partial charge in [-0.15, -0.1) is 0 Å². The van der Waals surface area contributed by atoms with Crippen LogP contribution in [0.2, 0.25) is 0 Å². The fourth-order valence-electron chi connectivity index (χ4n) is 1.20. The summed E-state index contributed by atoms with van der Waals surface area (Å²) < 4.78 is 0. The van der Waals surface area contributed by atoms with Gasteiger partial charge in [-0.25, -0.2) is 15.0 Å². The van der Waals surface area contributed by atoms with E-state index in [9.17, 15) is 0 Å². The van der Waals surface area contributed by atoms with Gasteiger partial charge in [0.05, 0.1) is 0 Å². The Morgan fingerprint density at radius 1 is 1.07 bits per heavy atom. The number of nitrogens with zero attached hydrogens (tertiary/aromatic N) is 4. The lowest BCUT2D eigenvalue weighted by molar-refractivity contribution is 0.475. The highest BCUT2D eigenvalue weighted by Crippen LogP contribution is 2.21. The Bertz CT molecular complexity index is 429. The van der Waals surface area contributed by atoms with Crippen molar-refractivity contribution in [2.24, 2.45) is 0 Å². The van der Waals surface area contributed by atoms with Gasteiger partial charge in [0.1, 0.15) is 18.4 Å². The van der Waals surface area contributed by atoms with Crippen molar-refractivity contribution >= 4 is 11.6 Å². The quantitative estimate of drug-likeness (QED) is 0.796.